The average Bonchev–Trinajstić information content (AvgIpc) is 2.54. The van der Waals surface area contributed by atoms with Gasteiger partial charge in [-0.05, 0) is 57.4 Å². The summed E-state index contributed by atoms with van der Waals surface area (Å²) >= 11 is 15.3. The number of methoxy groups -OCH3 is 1. The monoisotopic (exact) mass is 430 g/mol. The minimum Gasteiger partial charge on any atom is -0.493 e. The van der Waals surface area contributed by atoms with Crippen molar-refractivity contribution in [2.75, 3.05) is 7.11 Å². The molecule has 0 spiro atoms. The largest absolute Gasteiger partial charge is 0.493 e. The van der Waals surface area contributed by atoms with Crippen molar-refractivity contribution in [1.82, 2.24) is 0 Å². The number of carboxylic acids is 1. The van der Waals surface area contributed by atoms with Gasteiger partial charge in [-0.25, -0.2) is 4.79 Å². The van der Waals surface area contributed by atoms with Gasteiger partial charge < -0.3 is 14.6 Å². The second-order valence-corrected chi connectivity index (χ2v) is 6.41. The van der Waals surface area contributed by atoms with Crippen LogP contribution in [0.1, 0.15) is 11.1 Å². The highest BCUT2D eigenvalue weighted by molar-refractivity contribution is 9.10. The van der Waals surface area contributed by atoms with Crippen molar-refractivity contribution in [3.05, 3.63) is 62.1 Å². The van der Waals surface area contributed by atoms with E-state index in [4.69, 9.17) is 37.8 Å². The zero-order valence-corrected chi connectivity index (χ0v) is 15.7. The molecule has 4 nitrogen and oxygen atoms in total. The van der Waals surface area contributed by atoms with Gasteiger partial charge in [0.15, 0.2) is 11.5 Å². The molecule has 7 heteroatoms. The predicted molar refractivity (Wildman–Crippen MR) is 98.2 cm³/mol. The number of benzene rings is 2. The first-order valence-corrected chi connectivity index (χ1v) is 8.31. The Morgan fingerprint density at radius 1 is 1.25 bits per heavy atom. The number of ether oxygens (including phenoxy) is 2. The lowest BCUT2D eigenvalue weighted by molar-refractivity contribution is -0.131. The SMILES string of the molecule is COc1cc(C=CC(=O)O)cc(Br)c1OCc1ccc(Cl)c(Cl)c1. The van der Waals surface area contributed by atoms with E-state index in [0.717, 1.165) is 11.6 Å². The Morgan fingerprint density at radius 2 is 2.00 bits per heavy atom. The number of hydrogen-bond acceptors (Lipinski definition) is 3. The summed E-state index contributed by atoms with van der Waals surface area (Å²) in [4.78, 5) is 10.6. The zero-order valence-electron chi connectivity index (χ0n) is 12.6. The molecule has 2 rings (SSSR count). The first-order valence-electron chi connectivity index (χ1n) is 6.76. The fourth-order valence-electron chi connectivity index (χ4n) is 1.93. The van der Waals surface area contributed by atoms with E-state index < -0.39 is 5.97 Å². The van der Waals surface area contributed by atoms with Crippen molar-refractivity contribution in [3.8, 4) is 11.5 Å². The van der Waals surface area contributed by atoms with Gasteiger partial charge in [-0.2, -0.15) is 0 Å². The lowest BCUT2D eigenvalue weighted by Gasteiger charge is -2.14. The van der Waals surface area contributed by atoms with E-state index in [0.29, 0.717) is 31.6 Å². The van der Waals surface area contributed by atoms with Gasteiger partial charge in [0.1, 0.15) is 6.61 Å². The van der Waals surface area contributed by atoms with Crippen LogP contribution in [0, 0.1) is 0 Å². The van der Waals surface area contributed by atoms with Crippen LogP contribution in [0.2, 0.25) is 10.0 Å². The maximum atomic E-state index is 10.6. The first kappa shape index (κ1) is 18.6. The third-order valence-electron chi connectivity index (χ3n) is 3.04. The van der Waals surface area contributed by atoms with Crippen LogP contribution in [0.15, 0.2) is 40.9 Å². The zero-order chi connectivity index (χ0) is 17.7. The molecule has 126 valence electrons. The highest BCUT2D eigenvalue weighted by atomic mass is 79.9. The van der Waals surface area contributed by atoms with Crippen LogP contribution < -0.4 is 9.47 Å². The van der Waals surface area contributed by atoms with E-state index in [9.17, 15) is 4.79 Å². The molecule has 1 N–H and O–H groups in total. The Morgan fingerprint density at radius 3 is 2.62 bits per heavy atom. The van der Waals surface area contributed by atoms with Gasteiger partial charge in [-0.15, -0.1) is 0 Å². The molecule has 0 saturated carbocycles. The van der Waals surface area contributed by atoms with Crippen LogP contribution in [0.3, 0.4) is 0 Å². The molecule has 0 amide bonds. The molecule has 0 heterocycles. The quantitative estimate of drug-likeness (QED) is 0.618. The molecule has 2 aromatic rings. The van der Waals surface area contributed by atoms with Crippen molar-refractivity contribution in [2.24, 2.45) is 0 Å². The van der Waals surface area contributed by atoms with E-state index in [1.807, 2.05) is 6.07 Å². The molecule has 0 aromatic heterocycles. The number of halogens is 3. The molecule has 0 saturated heterocycles. The third kappa shape index (κ3) is 4.90. The molecule has 0 atom stereocenters. The minimum absolute atomic E-state index is 0.274. The Hall–Kier alpha value is -1.69. The lowest BCUT2D eigenvalue weighted by atomic mass is 10.2. The van der Waals surface area contributed by atoms with Crippen LogP contribution in [-0.2, 0) is 11.4 Å². The highest BCUT2D eigenvalue weighted by Gasteiger charge is 2.12. The van der Waals surface area contributed by atoms with Crippen LogP contribution >= 0.6 is 39.1 Å². The summed E-state index contributed by atoms with van der Waals surface area (Å²) in [6.07, 6.45) is 2.52. The normalized spacial score (nSPS) is 10.8. The Kier molecular flexibility index (Phi) is 6.54. The second-order valence-electron chi connectivity index (χ2n) is 4.74. The minimum atomic E-state index is -1.02. The fraction of sp³-hybridized carbons (Fsp3) is 0.118. The topological polar surface area (TPSA) is 55.8 Å². The molecule has 0 unspecified atom stereocenters. The highest BCUT2D eigenvalue weighted by Crippen LogP contribution is 2.37. The summed E-state index contributed by atoms with van der Waals surface area (Å²) in [7, 11) is 1.51. The maximum absolute atomic E-state index is 10.6. The maximum Gasteiger partial charge on any atom is 0.328 e. The number of hydrogen-bond donors (Lipinski definition) is 1. The van der Waals surface area contributed by atoms with Crippen molar-refractivity contribution in [2.45, 2.75) is 6.61 Å². The van der Waals surface area contributed by atoms with E-state index in [-0.39, 0.29) is 6.61 Å². The molecule has 0 fully saturated rings. The Balaban J connectivity index is 2.22. The molecule has 2 aromatic carbocycles. The van der Waals surface area contributed by atoms with Gasteiger partial charge in [0.25, 0.3) is 0 Å². The number of aliphatic carboxylic acids is 1. The number of carboxylic acid groups (broad SMARTS) is 1. The Bertz CT molecular complexity index is 790. The summed E-state index contributed by atoms with van der Waals surface area (Å²) in [5.41, 5.74) is 1.52. The summed E-state index contributed by atoms with van der Waals surface area (Å²) in [6, 6.07) is 8.68. The van der Waals surface area contributed by atoms with E-state index in [1.54, 1.807) is 24.3 Å². The van der Waals surface area contributed by atoms with Gasteiger partial charge in [0.2, 0.25) is 0 Å². The molecular weight excluding hydrogens is 419 g/mol. The summed E-state index contributed by atoms with van der Waals surface area (Å²) in [6.45, 7) is 0.274. The van der Waals surface area contributed by atoms with Crippen LogP contribution in [0.5, 0.6) is 11.5 Å². The van der Waals surface area contributed by atoms with Crippen LogP contribution in [0.25, 0.3) is 6.08 Å². The first-order chi connectivity index (χ1) is 11.4. The lowest BCUT2D eigenvalue weighted by Crippen LogP contribution is -1.99. The van der Waals surface area contributed by atoms with Gasteiger partial charge in [-0.1, -0.05) is 29.3 Å². The van der Waals surface area contributed by atoms with Gasteiger partial charge in [0.05, 0.1) is 21.6 Å². The van der Waals surface area contributed by atoms with Crippen molar-refractivity contribution in [1.29, 1.82) is 0 Å². The summed E-state index contributed by atoms with van der Waals surface area (Å²) < 4.78 is 11.8. The third-order valence-corrected chi connectivity index (χ3v) is 4.37. The van der Waals surface area contributed by atoms with E-state index in [1.165, 1.54) is 13.2 Å². The molecule has 0 aliphatic rings. The second kappa shape index (κ2) is 8.42. The number of carbonyl (C=O) groups is 1. The molecule has 24 heavy (non-hydrogen) atoms. The number of rotatable bonds is 6. The molecule has 0 aliphatic carbocycles. The average molecular weight is 432 g/mol. The van der Waals surface area contributed by atoms with Crippen molar-refractivity contribution in [3.63, 3.8) is 0 Å². The molecule has 0 radical (unpaired) electrons. The van der Waals surface area contributed by atoms with E-state index >= 15 is 0 Å². The molecule has 0 aliphatic heterocycles. The molecule has 0 bridgehead atoms. The van der Waals surface area contributed by atoms with Gasteiger partial charge >= 0.3 is 5.97 Å². The smallest absolute Gasteiger partial charge is 0.328 e. The Labute approximate surface area is 157 Å². The van der Waals surface area contributed by atoms with E-state index in [2.05, 4.69) is 15.9 Å². The van der Waals surface area contributed by atoms with Crippen LogP contribution in [0.4, 0.5) is 0 Å². The van der Waals surface area contributed by atoms with Crippen molar-refractivity contribution >= 4 is 51.2 Å². The summed E-state index contributed by atoms with van der Waals surface area (Å²) in [5.74, 6) is -0.0319. The standard InChI is InChI=1S/C17H13BrCl2O4/c1-23-15-8-10(3-5-16(21)22)6-12(18)17(15)24-9-11-2-4-13(19)14(20)7-11/h2-8H,9H2,1H3,(H,21,22). The summed E-state index contributed by atoms with van der Waals surface area (Å²) in [5, 5.41) is 9.64. The van der Waals surface area contributed by atoms with Crippen LogP contribution in [-0.4, -0.2) is 18.2 Å². The predicted octanol–water partition coefficient (Wildman–Crippen LogP) is 5.44. The fourth-order valence-corrected chi connectivity index (χ4v) is 2.82. The molecular formula is C17H13BrCl2O4. The van der Waals surface area contributed by atoms with Crippen molar-refractivity contribution < 1.29 is 19.4 Å². The van der Waals surface area contributed by atoms with Gasteiger partial charge in [-0.3, -0.25) is 0 Å². The van der Waals surface area contributed by atoms with Gasteiger partial charge in [0, 0.05) is 6.08 Å².